The molecule has 0 aliphatic carbocycles. The zero-order valence-corrected chi connectivity index (χ0v) is 12.8. The van der Waals surface area contributed by atoms with Crippen LogP contribution < -0.4 is 4.74 Å². The van der Waals surface area contributed by atoms with E-state index >= 15 is 0 Å². The minimum absolute atomic E-state index is 0.543. The molecule has 0 spiro atoms. The Morgan fingerprint density at radius 1 is 1.26 bits per heavy atom. The van der Waals surface area contributed by atoms with Gasteiger partial charge < -0.3 is 9.84 Å². The van der Waals surface area contributed by atoms with E-state index in [1.165, 1.54) is 0 Å². The third-order valence-corrected chi connectivity index (χ3v) is 3.68. The topological polar surface area (TPSA) is 29.5 Å². The molecular weight excluding hydrogens is 328 g/mol. The van der Waals surface area contributed by atoms with Crippen LogP contribution in [0.1, 0.15) is 17.2 Å². The minimum atomic E-state index is -0.583. The molecule has 0 aliphatic heterocycles. The molecule has 0 fully saturated rings. The zero-order valence-electron chi connectivity index (χ0n) is 10.4. The van der Waals surface area contributed by atoms with E-state index in [2.05, 4.69) is 15.9 Å². The van der Waals surface area contributed by atoms with Crippen LogP contribution in [0, 0.1) is 0 Å². The molecule has 2 nitrogen and oxygen atoms in total. The average molecular weight is 342 g/mol. The fourth-order valence-corrected chi connectivity index (χ4v) is 2.53. The summed E-state index contributed by atoms with van der Waals surface area (Å²) in [5, 5.41) is 10.8. The van der Waals surface area contributed by atoms with E-state index in [1.54, 1.807) is 19.2 Å². The van der Waals surface area contributed by atoms with Crippen molar-refractivity contribution in [2.45, 2.75) is 12.5 Å². The third-order valence-electron chi connectivity index (χ3n) is 2.88. The fourth-order valence-electron chi connectivity index (χ4n) is 1.89. The highest BCUT2D eigenvalue weighted by atomic mass is 79.9. The maximum atomic E-state index is 10.3. The van der Waals surface area contributed by atoms with E-state index in [9.17, 15) is 5.11 Å². The molecule has 0 aromatic heterocycles. The molecule has 0 saturated carbocycles. The van der Waals surface area contributed by atoms with Gasteiger partial charge in [-0.05, 0) is 35.4 Å². The van der Waals surface area contributed by atoms with E-state index < -0.39 is 6.10 Å². The molecule has 100 valence electrons. The molecule has 0 bridgehead atoms. The number of ether oxygens (including phenoxy) is 1. The van der Waals surface area contributed by atoms with Crippen LogP contribution in [-0.4, -0.2) is 12.2 Å². The SMILES string of the molecule is COc1cc(C(O)Cc2cccc(Br)c2)ccc1Cl. The molecule has 0 aliphatic rings. The molecule has 2 aromatic rings. The van der Waals surface area contributed by atoms with Crippen LogP contribution in [0.5, 0.6) is 5.75 Å². The van der Waals surface area contributed by atoms with Gasteiger partial charge in [0.2, 0.25) is 0 Å². The van der Waals surface area contributed by atoms with Gasteiger partial charge >= 0.3 is 0 Å². The van der Waals surface area contributed by atoms with Crippen LogP contribution in [-0.2, 0) is 6.42 Å². The molecule has 0 amide bonds. The number of aliphatic hydroxyl groups excluding tert-OH is 1. The molecule has 0 radical (unpaired) electrons. The normalized spacial score (nSPS) is 12.2. The summed E-state index contributed by atoms with van der Waals surface area (Å²) in [6.07, 6.45) is -0.0370. The van der Waals surface area contributed by atoms with Gasteiger partial charge in [-0.25, -0.2) is 0 Å². The molecule has 2 rings (SSSR count). The lowest BCUT2D eigenvalue weighted by molar-refractivity contribution is 0.178. The van der Waals surface area contributed by atoms with Gasteiger partial charge in [0.05, 0.1) is 18.2 Å². The average Bonchev–Trinajstić information content (AvgIpc) is 2.39. The summed E-state index contributed by atoms with van der Waals surface area (Å²) in [6, 6.07) is 13.2. The second-order valence-corrected chi connectivity index (χ2v) is 5.57. The van der Waals surface area contributed by atoms with Crippen molar-refractivity contribution in [3.8, 4) is 5.75 Å². The summed E-state index contributed by atoms with van der Waals surface area (Å²) < 4.78 is 6.16. The zero-order chi connectivity index (χ0) is 13.8. The lowest BCUT2D eigenvalue weighted by atomic mass is 10.0. The summed E-state index contributed by atoms with van der Waals surface area (Å²) >= 11 is 9.39. The van der Waals surface area contributed by atoms with Crippen LogP contribution >= 0.6 is 27.5 Å². The van der Waals surface area contributed by atoms with Crippen molar-refractivity contribution in [2.24, 2.45) is 0 Å². The first-order valence-electron chi connectivity index (χ1n) is 5.86. The molecule has 1 N–H and O–H groups in total. The van der Waals surface area contributed by atoms with Crippen molar-refractivity contribution in [3.05, 3.63) is 63.1 Å². The summed E-state index contributed by atoms with van der Waals surface area (Å²) in [6.45, 7) is 0. The second-order valence-electron chi connectivity index (χ2n) is 4.24. The highest BCUT2D eigenvalue weighted by Gasteiger charge is 2.11. The van der Waals surface area contributed by atoms with Crippen LogP contribution in [0.25, 0.3) is 0 Å². The first-order valence-corrected chi connectivity index (χ1v) is 7.03. The van der Waals surface area contributed by atoms with Gasteiger partial charge in [0.1, 0.15) is 5.75 Å². The summed E-state index contributed by atoms with van der Waals surface area (Å²) in [4.78, 5) is 0. The van der Waals surface area contributed by atoms with Crippen molar-refractivity contribution in [3.63, 3.8) is 0 Å². The largest absolute Gasteiger partial charge is 0.495 e. The van der Waals surface area contributed by atoms with Gasteiger partial charge in [-0.3, -0.25) is 0 Å². The Labute approximate surface area is 126 Å². The highest BCUT2D eigenvalue weighted by Crippen LogP contribution is 2.29. The number of aliphatic hydroxyl groups is 1. The number of hydrogen-bond donors (Lipinski definition) is 1. The number of benzene rings is 2. The lowest BCUT2D eigenvalue weighted by Crippen LogP contribution is -2.02. The van der Waals surface area contributed by atoms with E-state index in [0.717, 1.165) is 15.6 Å². The highest BCUT2D eigenvalue weighted by molar-refractivity contribution is 9.10. The number of rotatable bonds is 4. The molecule has 19 heavy (non-hydrogen) atoms. The number of hydrogen-bond acceptors (Lipinski definition) is 2. The Morgan fingerprint density at radius 2 is 2.05 bits per heavy atom. The van der Waals surface area contributed by atoms with Gasteiger partial charge in [-0.1, -0.05) is 45.7 Å². The predicted octanol–water partition coefficient (Wildman–Crippen LogP) is 4.39. The van der Waals surface area contributed by atoms with Crippen molar-refractivity contribution >= 4 is 27.5 Å². The summed E-state index contributed by atoms with van der Waals surface area (Å²) in [5.74, 6) is 0.576. The molecule has 1 atom stereocenters. The lowest BCUT2D eigenvalue weighted by Gasteiger charge is -2.13. The van der Waals surface area contributed by atoms with E-state index in [-0.39, 0.29) is 0 Å². The maximum absolute atomic E-state index is 10.3. The van der Waals surface area contributed by atoms with Crippen LogP contribution in [0.15, 0.2) is 46.9 Å². The van der Waals surface area contributed by atoms with Crippen molar-refractivity contribution in [1.29, 1.82) is 0 Å². The molecular formula is C15H14BrClO2. The number of methoxy groups -OCH3 is 1. The summed E-state index contributed by atoms with van der Waals surface area (Å²) in [5.41, 5.74) is 1.86. The van der Waals surface area contributed by atoms with Gasteiger partial charge in [-0.15, -0.1) is 0 Å². The predicted molar refractivity (Wildman–Crippen MR) is 80.8 cm³/mol. The van der Waals surface area contributed by atoms with Crippen molar-refractivity contribution in [2.75, 3.05) is 7.11 Å². The van der Waals surface area contributed by atoms with Gasteiger partial charge in [0, 0.05) is 10.9 Å². The first kappa shape index (κ1) is 14.4. The van der Waals surface area contributed by atoms with E-state index in [4.69, 9.17) is 16.3 Å². The van der Waals surface area contributed by atoms with Crippen molar-refractivity contribution in [1.82, 2.24) is 0 Å². The Morgan fingerprint density at radius 3 is 2.74 bits per heavy atom. The van der Waals surface area contributed by atoms with Crippen LogP contribution in [0.4, 0.5) is 0 Å². The quantitative estimate of drug-likeness (QED) is 0.894. The third kappa shape index (κ3) is 3.72. The maximum Gasteiger partial charge on any atom is 0.137 e. The Hall–Kier alpha value is -1.03. The monoisotopic (exact) mass is 340 g/mol. The summed E-state index contributed by atoms with van der Waals surface area (Å²) in [7, 11) is 1.56. The smallest absolute Gasteiger partial charge is 0.137 e. The second kappa shape index (κ2) is 6.42. The molecule has 0 saturated heterocycles. The Bertz CT molecular complexity index is 572. The minimum Gasteiger partial charge on any atom is -0.495 e. The van der Waals surface area contributed by atoms with Gasteiger partial charge in [0.25, 0.3) is 0 Å². The van der Waals surface area contributed by atoms with Gasteiger partial charge in [0.15, 0.2) is 0 Å². The fraction of sp³-hybridized carbons (Fsp3) is 0.200. The molecule has 0 heterocycles. The standard InChI is InChI=1S/C15H14BrClO2/c1-19-15-9-11(5-6-13(15)17)14(18)8-10-3-2-4-12(16)7-10/h2-7,9,14,18H,8H2,1H3. The van der Waals surface area contributed by atoms with Gasteiger partial charge in [-0.2, -0.15) is 0 Å². The van der Waals surface area contributed by atoms with E-state index in [0.29, 0.717) is 17.2 Å². The van der Waals surface area contributed by atoms with Crippen LogP contribution in [0.3, 0.4) is 0 Å². The van der Waals surface area contributed by atoms with Crippen LogP contribution in [0.2, 0.25) is 5.02 Å². The van der Waals surface area contributed by atoms with Crippen molar-refractivity contribution < 1.29 is 9.84 Å². The molecule has 2 aromatic carbocycles. The molecule has 4 heteroatoms. The number of halogens is 2. The Kier molecular flexibility index (Phi) is 4.86. The molecule has 1 unspecified atom stereocenters. The Balaban J connectivity index is 2.18. The first-order chi connectivity index (χ1) is 9.10. The van der Waals surface area contributed by atoms with E-state index in [1.807, 2.05) is 30.3 Å².